The Bertz CT molecular complexity index is 759. The molecule has 0 spiro atoms. The highest BCUT2D eigenvalue weighted by molar-refractivity contribution is 5.92. The molecule has 2 aromatic carbocycles. The van der Waals surface area contributed by atoms with E-state index in [2.05, 4.69) is 25.2 Å². The Balaban J connectivity index is 1.97. The summed E-state index contributed by atoms with van der Waals surface area (Å²) in [4.78, 5) is 13.6. The maximum atomic E-state index is 12.5. The molecule has 0 radical (unpaired) electrons. The van der Waals surface area contributed by atoms with Gasteiger partial charge in [0.2, 0.25) is 0 Å². The molecule has 0 aromatic heterocycles. The van der Waals surface area contributed by atoms with Crippen molar-refractivity contribution in [2.75, 3.05) is 32.6 Å². The molecule has 0 aliphatic rings. The molecule has 1 unspecified atom stereocenters. The molecule has 1 atom stereocenters. The summed E-state index contributed by atoms with van der Waals surface area (Å²) in [5.41, 5.74) is 3.15. The van der Waals surface area contributed by atoms with Crippen molar-refractivity contribution in [3.8, 4) is 11.5 Å². The number of hydrogen-bond acceptors (Lipinski definition) is 3. The maximum absolute atomic E-state index is 12.5. The largest absolute Gasteiger partial charge is 0.493 e. The summed E-state index contributed by atoms with van der Waals surface area (Å²) >= 11 is 0. The molecular formula is C22H31N2O3+. The van der Waals surface area contributed by atoms with E-state index in [-0.39, 0.29) is 5.91 Å². The maximum Gasteiger partial charge on any atom is 0.279 e. The second-order valence-corrected chi connectivity index (χ2v) is 7.02. The summed E-state index contributed by atoms with van der Waals surface area (Å²) in [5.74, 6) is 1.84. The van der Waals surface area contributed by atoms with Crippen LogP contribution in [0.5, 0.6) is 11.5 Å². The van der Waals surface area contributed by atoms with Crippen LogP contribution in [0.3, 0.4) is 0 Å². The van der Waals surface area contributed by atoms with E-state index in [4.69, 9.17) is 9.47 Å². The highest BCUT2D eigenvalue weighted by Gasteiger charge is 2.15. The van der Waals surface area contributed by atoms with Gasteiger partial charge in [0.15, 0.2) is 18.0 Å². The molecule has 0 heterocycles. The molecule has 146 valence electrons. The Hall–Kier alpha value is -2.53. The molecule has 27 heavy (non-hydrogen) atoms. The zero-order chi connectivity index (χ0) is 19.8. The topological polar surface area (TPSA) is 52.0 Å². The fourth-order valence-electron chi connectivity index (χ4n) is 3.09. The second kappa shape index (κ2) is 9.97. The Morgan fingerprint density at radius 3 is 2.56 bits per heavy atom. The van der Waals surface area contributed by atoms with Crippen molar-refractivity contribution in [2.24, 2.45) is 0 Å². The number of nitrogens with one attached hydrogen (secondary N) is 2. The lowest BCUT2D eigenvalue weighted by atomic mass is 10.0. The number of anilines is 1. The number of para-hydroxylation sites is 1. The van der Waals surface area contributed by atoms with E-state index in [0.717, 1.165) is 39.8 Å². The summed E-state index contributed by atoms with van der Waals surface area (Å²) in [7, 11) is 3.65. The third-order valence-electron chi connectivity index (χ3n) is 4.35. The van der Waals surface area contributed by atoms with E-state index in [1.807, 2.05) is 50.4 Å². The highest BCUT2D eigenvalue weighted by Crippen LogP contribution is 2.27. The van der Waals surface area contributed by atoms with Crippen LogP contribution in [0.1, 0.15) is 37.8 Å². The van der Waals surface area contributed by atoms with Gasteiger partial charge in [-0.3, -0.25) is 4.79 Å². The molecular weight excluding hydrogens is 340 g/mol. The number of carbonyl (C=O) groups excluding carboxylic acids is 1. The van der Waals surface area contributed by atoms with Crippen molar-refractivity contribution in [1.82, 2.24) is 0 Å². The summed E-state index contributed by atoms with van der Waals surface area (Å²) in [6.45, 7) is 7.91. The molecule has 2 N–H and O–H groups in total. The van der Waals surface area contributed by atoms with E-state index in [9.17, 15) is 4.79 Å². The van der Waals surface area contributed by atoms with Crippen molar-refractivity contribution in [2.45, 2.75) is 33.2 Å². The van der Waals surface area contributed by atoms with Crippen LogP contribution in [0.4, 0.5) is 5.69 Å². The molecule has 0 fully saturated rings. The lowest BCUT2D eigenvalue weighted by Gasteiger charge is -2.17. The molecule has 1 amide bonds. The Labute approximate surface area is 162 Å². The van der Waals surface area contributed by atoms with Gasteiger partial charge < -0.3 is 19.7 Å². The fourth-order valence-corrected chi connectivity index (χ4v) is 3.09. The molecule has 5 nitrogen and oxygen atoms in total. The van der Waals surface area contributed by atoms with Gasteiger partial charge in [-0.2, -0.15) is 0 Å². The minimum absolute atomic E-state index is 0.0125. The van der Waals surface area contributed by atoms with Crippen molar-refractivity contribution in [3.05, 3.63) is 53.6 Å². The first-order valence-electron chi connectivity index (χ1n) is 9.44. The number of hydrogen-bond donors (Lipinski definition) is 2. The lowest BCUT2D eigenvalue weighted by molar-refractivity contribution is -0.885. The van der Waals surface area contributed by atoms with Gasteiger partial charge >= 0.3 is 0 Å². The molecule has 5 heteroatoms. The van der Waals surface area contributed by atoms with Crippen LogP contribution in [0.25, 0.3) is 0 Å². The lowest BCUT2D eigenvalue weighted by Crippen LogP contribution is -3.08. The summed E-state index contributed by atoms with van der Waals surface area (Å²) in [5, 5.41) is 3.05. The zero-order valence-corrected chi connectivity index (χ0v) is 17.0. The van der Waals surface area contributed by atoms with Crippen molar-refractivity contribution in [1.29, 1.82) is 0 Å². The average molecular weight is 372 g/mol. The van der Waals surface area contributed by atoms with Crippen LogP contribution in [-0.2, 0) is 11.3 Å². The van der Waals surface area contributed by atoms with E-state index < -0.39 is 0 Å². The van der Waals surface area contributed by atoms with E-state index >= 15 is 0 Å². The van der Waals surface area contributed by atoms with Crippen LogP contribution < -0.4 is 19.7 Å². The smallest absolute Gasteiger partial charge is 0.279 e. The van der Waals surface area contributed by atoms with E-state index in [0.29, 0.717) is 19.1 Å². The van der Waals surface area contributed by atoms with Gasteiger partial charge in [-0.05, 0) is 42.7 Å². The quantitative estimate of drug-likeness (QED) is 0.713. The van der Waals surface area contributed by atoms with Gasteiger partial charge in [-0.15, -0.1) is 0 Å². The summed E-state index contributed by atoms with van der Waals surface area (Å²) in [6, 6.07) is 13.9. The van der Waals surface area contributed by atoms with Gasteiger partial charge in [-0.1, -0.05) is 32.0 Å². The fraction of sp³-hybridized carbons (Fsp3) is 0.409. The number of ether oxygens (including phenoxy) is 2. The number of benzene rings is 2. The van der Waals surface area contributed by atoms with Crippen LogP contribution in [0, 0.1) is 0 Å². The Morgan fingerprint density at radius 2 is 1.89 bits per heavy atom. The van der Waals surface area contributed by atoms with Gasteiger partial charge in [0.1, 0.15) is 6.54 Å². The van der Waals surface area contributed by atoms with Crippen molar-refractivity contribution in [3.63, 3.8) is 0 Å². The van der Waals surface area contributed by atoms with Crippen LogP contribution in [-0.4, -0.2) is 33.2 Å². The van der Waals surface area contributed by atoms with Gasteiger partial charge in [0, 0.05) is 11.3 Å². The van der Waals surface area contributed by atoms with Crippen molar-refractivity contribution < 1.29 is 19.2 Å². The predicted octanol–water partition coefficient (Wildman–Crippen LogP) is 2.87. The third kappa shape index (κ3) is 6.00. The zero-order valence-electron chi connectivity index (χ0n) is 17.0. The standard InChI is InChI=1S/C22H30N2O3/c1-6-27-20-12-11-17(13-21(20)26-5)14-24(4)15-22(25)23-19-10-8-7-9-18(19)16(2)3/h7-13,16H,6,14-15H2,1-5H3,(H,23,25)/p+1. The van der Waals surface area contributed by atoms with Crippen LogP contribution in [0.2, 0.25) is 0 Å². The number of methoxy groups -OCH3 is 1. The van der Waals surface area contributed by atoms with E-state index in [1.165, 1.54) is 0 Å². The van der Waals surface area contributed by atoms with Crippen LogP contribution >= 0.6 is 0 Å². The Kier molecular flexibility index (Phi) is 7.67. The second-order valence-electron chi connectivity index (χ2n) is 7.02. The van der Waals surface area contributed by atoms with E-state index in [1.54, 1.807) is 7.11 Å². The summed E-state index contributed by atoms with van der Waals surface area (Å²) < 4.78 is 11.0. The molecule has 0 aliphatic heterocycles. The first-order chi connectivity index (χ1) is 12.9. The highest BCUT2D eigenvalue weighted by atomic mass is 16.5. The van der Waals surface area contributed by atoms with Crippen LogP contribution in [0.15, 0.2) is 42.5 Å². The number of quaternary nitrogens is 1. The number of rotatable bonds is 9. The number of amides is 1. The SMILES string of the molecule is CCOc1ccc(C[NH+](C)CC(=O)Nc2ccccc2C(C)C)cc1OC. The third-order valence-corrected chi connectivity index (χ3v) is 4.35. The van der Waals surface area contributed by atoms with Gasteiger partial charge in [0.25, 0.3) is 5.91 Å². The minimum atomic E-state index is 0.0125. The molecule has 2 rings (SSSR count). The summed E-state index contributed by atoms with van der Waals surface area (Å²) in [6.07, 6.45) is 0. The van der Waals surface area contributed by atoms with Gasteiger partial charge in [0.05, 0.1) is 20.8 Å². The van der Waals surface area contributed by atoms with Crippen molar-refractivity contribution >= 4 is 11.6 Å². The number of carbonyl (C=O) groups is 1. The van der Waals surface area contributed by atoms with Gasteiger partial charge in [-0.25, -0.2) is 0 Å². The molecule has 0 bridgehead atoms. The average Bonchev–Trinajstić information content (AvgIpc) is 2.63. The minimum Gasteiger partial charge on any atom is -0.493 e. The number of likely N-dealkylation sites (N-methyl/N-ethyl adjacent to an activating group) is 1. The Morgan fingerprint density at radius 1 is 1.15 bits per heavy atom. The molecule has 0 saturated carbocycles. The first-order valence-corrected chi connectivity index (χ1v) is 9.44. The normalized spacial score (nSPS) is 11.9. The first kappa shape index (κ1) is 20.8. The monoisotopic (exact) mass is 371 g/mol. The molecule has 0 aliphatic carbocycles. The predicted molar refractivity (Wildman–Crippen MR) is 109 cm³/mol. The molecule has 2 aromatic rings. The molecule has 0 saturated heterocycles.